The summed E-state index contributed by atoms with van der Waals surface area (Å²) in [7, 11) is 0. The first-order chi connectivity index (χ1) is 9.20. The number of rotatable bonds is 3. The molecule has 0 unspecified atom stereocenters. The summed E-state index contributed by atoms with van der Waals surface area (Å²) < 4.78 is 0. The van der Waals surface area contributed by atoms with Crippen LogP contribution in [0.1, 0.15) is 30.9 Å². The summed E-state index contributed by atoms with van der Waals surface area (Å²) >= 11 is 0. The van der Waals surface area contributed by atoms with Crippen molar-refractivity contribution in [2.45, 2.75) is 33.2 Å². The Hall–Kier alpha value is -1.76. The van der Waals surface area contributed by atoms with E-state index in [0.29, 0.717) is 0 Å². The molecule has 0 aliphatic carbocycles. The standard InChI is InChI=1S/C18H23N/c1-4-5-11-18-16(3)9-7-12-19(18)14-17-10-6-8-15(2)13-17/h4-6,8,10-11,13H,3,7,9,12,14H2,1-2H3/b5-4-,18-11+. The molecule has 1 fully saturated rings. The molecule has 0 amide bonds. The van der Waals surface area contributed by atoms with Crippen LogP contribution < -0.4 is 0 Å². The lowest BCUT2D eigenvalue weighted by Crippen LogP contribution is -2.28. The van der Waals surface area contributed by atoms with Gasteiger partial charge in [0, 0.05) is 18.8 Å². The molecule has 1 aromatic carbocycles. The number of hydrogen-bond donors (Lipinski definition) is 0. The molecule has 0 aromatic heterocycles. The number of allylic oxidation sites excluding steroid dienone is 4. The van der Waals surface area contributed by atoms with E-state index in [2.05, 4.69) is 60.9 Å². The highest BCUT2D eigenvalue weighted by molar-refractivity contribution is 5.33. The van der Waals surface area contributed by atoms with Gasteiger partial charge in [-0.3, -0.25) is 0 Å². The normalized spacial score (nSPS) is 18.5. The van der Waals surface area contributed by atoms with E-state index in [1.807, 2.05) is 6.92 Å². The smallest absolute Gasteiger partial charge is 0.0429 e. The van der Waals surface area contributed by atoms with Crippen LogP contribution in [0.4, 0.5) is 0 Å². The maximum absolute atomic E-state index is 4.21. The molecule has 1 saturated heterocycles. The summed E-state index contributed by atoms with van der Waals surface area (Å²) in [6.07, 6.45) is 8.69. The van der Waals surface area contributed by atoms with Gasteiger partial charge < -0.3 is 4.90 Å². The summed E-state index contributed by atoms with van der Waals surface area (Å²) in [5.41, 5.74) is 5.26. The van der Waals surface area contributed by atoms with Crippen molar-refractivity contribution in [3.8, 4) is 0 Å². The van der Waals surface area contributed by atoms with Crippen molar-refractivity contribution in [3.63, 3.8) is 0 Å². The van der Waals surface area contributed by atoms with Gasteiger partial charge in [-0.05, 0) is 43.9 Å². The van der Waals surface area contributed by atoms with Crippen LogP contribution in [0.2, 0.25) is 0 Å². The van der Waals surface area contributed by atoms with Gasteiger partial charge in [0.15, 0.2) is 0 Å². The minimum absolute atomic E-state index is 0.976. The van der Waals surface area contributed by atoms with Gasteiger partial charge in [-0.2, -0.15) is 0 Å². The molecule has 1 aliphatic rings. The van der Waals surface area contributed by atoms with Crippen LogP contribution in [0.15, 0.2) is 60.3 Å². The van der Waals surface area contributed by atoms with Crippen LogP contribution in [0.3, 0.4) is 0 Å². The van der Waals surface area contributed by atoms with Crippen LogP contribution in [-0.2, 0) is 6.54 Å². The zero-order valence-electron chi connectivity index (χ0n) is 12.0. The first-order valence-electron chi connectivity index (χ1n) is 7.02. The van der Waals surface area contributed by atoms with Gasteiger partial charge >= 0.3 is 0 Å². The van der Waals surface area contributed by atoms with Crippen molar-refractivity contribution in [1.29, 1.82) is 0 Å². The number of piperidine rings is 1. The second-order valence-corrected chi connectivity index (χ2v) is 5.20. The Morgan fingerprint density at radius 2 is 2.21 bits per heavy atom. The third-order valence-corrected chi connectivity index (χ3v) is 3.51. The first-order valence-corrected chi connectivity index (χ1v) is 7.02. The maximum Gasteiger partial charge on any atom is 0.0429 e. The molecule has 100 valence electrons. The van der Waals surface area contributed by atoms with Crippen molar-refractivity contribution in [2.75, 3.05) is 6.54 Å². The van der Waals surface area contributed by atoms with Crippen molar-refractivity contribution in [3.05, 3.63) is 71.5 Å². The van der Waals surface area contributed by atoms with Crippen LogP contribution in [-0.4, -0.2) is 11.4 Å². The fourth-order valence-corrected chi connectivity index (χ4v) is 2.56. The Morgan fingerprint density at radius 3 is 2.95 bits per heavy atom. The number of aryl methyl sites for hydroxylation is 1. The fourth-order valence-electron chi connectivity index (χ4n) is 2.56. The van der Waals surface area contributed by atoms with E-state index in [1.54, 1.807) is 0 Å². The van der Waals surface area contributed by atoms with Crippen LogP contribution >= 0.6 is 0 Å². The maximum atomic E-state index is 4.21. The molecule has 1 heterocycles. The summed E-state index contributed by atoms with van der Waals surface area (Å²) in [4.78, 5) is 2.45. The minimum atomic E-state index is 0.976. The van der Waals surface area contributed by atoms with Crippen molar-refractivity contribution in [2.24, 2.45) is 0 Å². The van der Waals surface area contributed by atoms with E-state index in [0.717, 1.165) is 19.5 Å². The van der Waals surface area contributed by atoms with Crippen LogP contribution in [0.5, 0.6) is 0 Å². The highest BCUT2D eigenvalue weighted by Gasteiger charge is 2.17. The Balaban J connectivity index is 2.18. The molecule has 0 radical (unpaired) electrons. The molecule has 0 atom stereocenters. The number of likely N-dealkylation sites (tertiary alicyclic amines) is 1. The molecule has 19 heavy (non-hydrogen) atoms. The van der Waals surface area contributed by atoms with E-state index in [4.69, 9.17) is 0 Å². The van der Waals surface area contributed by atoms with E-state index in [-0.39, 0.29) is 0 Å². The lowest BCUT2D eigenvalue weighted by atomic mass is 10.0. The van der Waals surface area contributed by atoms with Gasteiger partial charge in [0.05, 0.1) is 0 Å². The molecular formula is C18H23N. The average molecular weight is 253 g/mol. The van der Waals surface area contributed by atoms with E-state index < -0.39 is 0 Å². The Bertz CT molecular complexity index is 508. The number of hydrogen-bond acceptors (Lipinski definition) is 1. The quantitative estimate of drug-likeness (QED) is 0.760. The van der Waals surface area contributed by atoms with Gasteiger partial charge in [-0.15, -0.1) is 0 Å². The summed E-state index contributed by atoms with van der Waals surface area (Å²) in [5.74, 6) is 0. The van der Waals surface area contributed by atoms with Crippen molar-refractivity contribution < 1.29 is 0 Å². The van der Waals surface area contributed by atoms with Gasteiger partial charge in [-0.1, -0.05) is 48.6 Å². The predicted octanol–water partition coefficient (Wildman–Crippen LogP) is 4.61. The Labute approximate surface area is 116 Å². The molecule has 1 aliphatic heterocycles. The zero-order chi connectivity index (χ0) is 13.7. The highest BCUT2D eigenvalue weighted by Crippen LogP contribution is 2.26. The van der Waals surface area contributed by atoms with Gasteiger partial charge in [-0.25, -0.2) is 0 Å². The monoisotopic (exact) mass is 253 g/mol. The van der Waals surface area contributed by atoms with E-state index in [1.165, 1.54) is 28.8 Å². The first kappa shape index (κ1) is 13.7. The minimum Gasteiger partial charge on any atom is -0.367 e. The Kier molecular flexibility index (Phi) is 4.62. The fraction of sp³-hybridized carbons (Fsp3) is 0.333. The molecule has 0 bridgehead atoms. The third-order valence-electron chi connectivity index (χ3n) is 3.51. The molecule has 0 spiro atoms. The molecule has 0 saturated carbocycles. The average Bonchev–Trinajstić information content (AvgIpc) is 2.38. The third kappa shape index (κ3) is 3.60. The van der Waals surface area contributed by atoms with Crippen LogP contribution in [0, 0.1) is 6.92 Å². The van der Waals surface area contributed by atoms with Crippen LogP contribution in [0.25, 0.3) is 0 Å². The lowest BCUT2D eigenvalue weighted by molar-refractivity contribution is 0.314. The topological polar surface area (TPSA) is 3.24 Å². The van der Waals surface area contributed by atoms with E-state index in [9.17, 15) is 0 Å². The van der Waals surface area contributed by atoms with Gasteiger partial charge in [0.2, 0.25) is 0 Å². The molecule has 1 nitrogen and oxygen atoms in total. The zero-order valence-corrected chi connectivity index (χ0v) is 12.0. The van der Waals surface area contributed by atoms with Gasteiger partial charge in [0.25, 0.3) is 0 Å². The molecule has 1 aromatic rings. The number of nitrogens with zero attached hydrogens (tertiary/aromatic N) is 1. The lowest BCUT2D eigenvalue weighted by Gasteiger charge is -2.33. The highest BCUT2D eigenvalue weighted by atomic mass is 15.1. The van der Waals surface area contributed by atoms with E-state index >= 15 is 0 Å². The summed E-state index contributed by atoms with van der Waals surface area (Å²) in [5, 5.41) is 0. The molecular weight excluding hydrogens is 230 g/mol. The summed E-state index contributed by atoms with van der Waals surface area (Å²) in [6, 6.07) is 8.76. The second kappa shape index (κ2) is 6.42. The van der Waals surface area contributed by atoms with Gasteiger partial charge in [0.1, 0.15) is 0 Å². The Morgan fingerprint density at radius 1 is 1.37 bits per heavy atom. The second-order valence-electron chi connectivity index (χ2n) is 5.20. The number of benzene rings is 1. The summed E-state index contributed by atoms with van der Waals surface area (Å²) in [6.45, 7) is 10.5. The van der Waals surface area contributed by atoms with Crippen molar-refractivity contribution >= 4 is 0 Å². The SMILES string of the molecule is C=C1CCCN(Cc2cccc(C)c2)/C1=C/C=C\C. The molecule has 2 rings (SSSR count). The molecule has 0 N–H and O–H groups in total. The largest absolute Gasteiger partial charge is 0.367 e. The van der Waals surface area contributed by atoms with Crippen molar-refractivity contribution in [1.82, 2.24) is 4.90 Å². The predicted molar refractivity (Wildman–Crippen MR) is 82.9 cm³/mol. The molecule has 1 heteroatoms.